The van der Waals surface area contributed by atoms with E-state index in [1.807, 2.05) is 0 Å². The second-order valence-electron chi connectivity index (χ2n) is 6.45. The zero-order valence-electron chi connectivity index (χ0n) is 14.8. The molecule has 5 atom stereocenters. The molecule has 26 heavy (non-hydrogen) atoms. The number of aromatic nitrogens is 2. The van der Waals surface area contributed by atoms with Gasteiger partial charge in [0.05, 0.1) is 11.7 Å². The molecule has 10 nitrogen and oxygen atoms in total. The average molecular weight is 391 g/mol. The molecule has 0 aliphatic carbocycles. The highest BCUT2D eigenvalue weighted by atomic mass is 31.1. The van der Waals surface area contributed by atoms with E-state index >= 15 is 0 Å². The molecule has 2 unspecified atom stereocenters. The van der Waals surface area contributed by atoms with Gasteiger partial charge in [-0.15, -0.1) is 9.42 Å². The lowest BCUT2D eigenvalue weighted by Gasteiger charge is -2.28. The van der Waals surface area contributed by atoms with E-state index in [1.165, 1.54) is 13.2 Å². The normalized spacial score (nSPS) is 26.9. The number of hydrogen-bond acceptors (Lipinski definition) is 7. The third kappa shape index (κ3) is 4.11. The Morgan fingerprint density at radius 2 is 1.92 bits per heavy atom. The van der Waals surface area contributed by atoms with Gasteiger partial charge < -0.3 is 19.5 Å². The highest BCUT2D eigenvalue weighted by Crippen LogP contribution is 2.41. The van der Waals surface area contributed by atoms with Gasteiger partial charge in [-0.05, 0) is 12.8 Å². The van der Waals surface area contributed by atoms with Gasteiger partial charge in [-0.25, -0.2) is 4.79 Å². The van der Waals surface area contributed by atoms with Crippen molar-refractivity contribution < 1.29 is 28.9 Å². The van der Waals surface area contributed by atoms with Crippen LogP contribution in [-0.4, -0.2) is 48.6 Å². The van der Waals surface area contributed by atoms with Crippen LogP contribution in [0.15, 0.2) is 15.8 Å². The van der Waals surface area contributed by atoms with Crippen LogP contribution in [0.2, 0.25) is 0 Å². The van der Waals surface area contributed by atoms with Crippen molar-refractivity contribution in [1.29, 1.82) is 0 Å². The fourth-order valence-corrected chi connectivity index (χ4v) is 3.86. The minimum atomic E-state index is -2.86. The summed E-state index contributed by atoms with van der Waals surface area (Å²) in [6.45, 7) is 3.55. The van der Waals surface area contributed by atoms with E-state index in [1.54, 1.807) is 13.8 Å². The maximum absolute atomic E-state index is 12.0. The van der Waals surface area contributed by atoms with Crippen LogP contribution in [-0.2, 0) is 20.9 Å². The van der Waals surface area contributed by atoms with Crippen LogP contribution in [0.1, 0.15) is 44.8 Å². The second-order valence-corrected chi connectivity index (χ2v) is 7.11. The van der Waals surface area contributed by atoms with Crippen LogP contribution < -0.4 is 11.2 Å². The summed E-state index contributed by atoms with van der Waals surface area (Å²) in [5, 5.41) is 20.7. The number of aliphatic hydroxyl groups excluding tert-OH is 2. The first kappa shape index (κ1) is 20.9. The van der Waals surface area contributed by atoms with Crippen molar-refractivity contribution in [1.82, 2.24) is 9.55 Å². The predicted octanol–water partition coefficient (Wildman–Crippen LogP) is -0.149. The van der Waals surface area contributed by atoms with E-state index in [0.29, 0.717) is 12.8 Å². The minimum Gasteiger partial charge on any atom is -0.388 e. The van der Waals surface area contributed by atoms with Crippen molar-refractivity contribution in [3.8, 4) is 0 Å². The van der Waals surface area contributed by atoms with Crippen molar-refractivity contribution in [3.05, 3.63) is 32.6 Å². The molecule has 1 aliphatic rings. The van der Waals surface area contributed by atoms with Gasteiger partial charge >= 0.3 is 13.9 Å². The molecular weight excluding hydrogens is 367 g/mol. The maximum Gasteiger partial charge on any atom is 0.695 e. The largest absolute Gasteiger partial charge is 0.695 e. The fraction of sp³-hybridized carbons (Fsp3) is 0.733. The molecule has 1 saturated heterocycles. The van der Waals surface area contributed by atoms with Gasteiger partial charge in [-0.2, -0.15) is 0 Å². The first-order valence-corrected chi connectivity index (χ1v) is 9.44. The summed E-state index contributed by atoms with van der Waals surface area (Å²) < 4.78 is 23.1. The molecule has 0 saturated carbocycles. The molecule has 2 rings (SSSR count). The molecule has 2 heterocycles. The van der Waals surface area contributed by atoms with Gasteiger partial charge in [-0.1, -0.05) is 13.8 Å². The number of hydrogen-bond donors (Lipinski definition) is 4. The van der Waals surface area contributed by atoms with Crippen LogP contribution in [0.4, 0.5) is 0 Å². The lowest BCUT2D eigenvalue weighted by Crippen LogP contribution is -2.39. The number of nitrogens with one attached hydrogen (secondary N) is 1. The summed E-state index contributed by atoms with van der Waals surface area (Å²) in [5.41, 5.74) is -2.33. The average Bonchev–Trinajstić information content (AvgIpc) is 2.85. The molecule has 0 bridgehead atoms. The number of aromatic amines is 1. The Balaban J connectivity index is 2.29. The SMILES string of the molecule is CCC(CC)(C[C@H]1OC(c2cn(C)c(=O)[nH]c2=O)[C@H](O)[C@@H]1O)O[P+](=O)O. The van der Waals surface area contributed by atoms with Crippen molar-refractivity contribution in [3.63, 3.8) is 0 Å². The number of aliphatic hydroxyl groups is 2. The Morgan fingerprint density at radius 1 is 1.31 bits per heavy atom. The molecule has 0 radical (unpaired) electrons. The van der Waals surface area contributed by atoms with Gasteiger partial charge in [0.25, 0.3) is 5.56 Å². The van der Waals surface area contributed by atoms with Crippen LogP contribution in [0.5, 0.6) is 0 Å². The van der Waals surface area contributed by atoms with Crippen LogP contribution in [0.25, 0.3) is 0 Å². The topological polar surface area (TPSA) is 151 Å². The number of rotatable bonds is 7. The van der Waals surface area contributed by atoms with Crippen molar-refractivity contribution >= 4 is 8.25 Å². The van der Waals surface area contributed by atoms with Crippen LogP contribution in [0, 0.1) is 0 Å². The Hall–Kier alpha value is -1.42. The first-order valence-electron chi connectivity index (χ1n) is 8.30. The Bertz CT molecular complexity index is 772. The Labute approximate surface area is 150 Å². The zero-order chi connectivity index (χ0) is 19.6. The molecule has 11 heteroatoms. The van der Waals surface area contributed by atoms with Crippen LogP contribution in [0.3, 0.4) is 0 Å². The molecule has 4 N–H and O–H groups in total. The van der Waals surface area contributed by atoms with Crippen LogP contribution >= 0.6 is 8.25 Å². The zero-order valence-corrected chi connectivity index (χ0v) is 15.7. The lowest BCUT2D eigenvalue weighted by molar-refractivity contribution is -0.0528. The number of ether oxygens (including phenoxy) is 1. The highest BCUT2D eigenvalue weighted by Gasteiger charge is 2.49. The van der Waals surface area contributed by atoms with E-state index < -0.39 is 49.5 Å². The fourth-order valence-electron chi connectivity index (χ4n) is 3.20. The van der Waals surface area contributed by atoms with Gasteiger partial charge in [0.15, 0.2) is 0 Å². The number of nitrogens with zero attached hydrogens (tertiary/aromatic N) is 1. The number of aryl methyl sites for hydroxylation is 1. The summed E-state index contributed by atoms with van der Waals surface area (Å²) in [5.74, 6) is 0. The minimum absolute atomic E-state index is 0.00824. The van der Waals surface area contributed by atoms with Crippen molar-refractivity contribution in [2.45, 2.75) is 63.1 Å². The first-order chi connectivity index (χ1) is 12.1. The molecule has 146 valence electrons. The monoisotopic (exact) mass is 391 g/mol. The molecule has 1 fully saturated rings. The third-order valence-corrected chi connectivity index (χ3v) is 5.48. The summed E-state index contributed by atoms with van der Waals surface area (Å²) in [6, 6.07) is 0. The molecule has 1 aromatic heterocycles. The van der Waals surface area contributed by atoms with E-state index in [9.17, 15) is 24.4 Å². The van der Waals surface area contributed by atoms with Crippen molar-refractivity contribution in [2.24, 2.45) is 7.05 Å². The van der Waals surface area contributed by atoms with Gasteiger partial charge in [0, 0.05) is 24.2 Å². The van der Waals surface area contributed by atoms with E-state index in [0.717, 1.165) is 4.57 Å². The smallest absolute Gasteiger partial charge is 0.388 e. The Morgan fingerprint density at radius 3 is 2.46 bits per heavy atom. The van der Waals surface area contributed by atoms with E-state index in [-0.39, 0.29) is 12.0 Å². The third-order valence-electron chi connectivity index (χ3n) is 4.94. The summed E-state index contributed by atoms with van der Waals surface area (Å²) >= 11 is 0. The van der Waals surface area contributed by atoms with Gasteiger partial charge in [0.1, 0.15) is 23.9 Å². The molecule has 0 amide bonds. The van der Waals surface area contributed by atoms with E-state index in [2.05, 4.69) is 4.98 Å². The van der Waals surface area contributed by atoms with Gasteiger partial charge in [0.2, 0.25) is 0 Å². The molecular formula is C15H24N2O8P+. The van der Waals surface area contributed by atoms with Gasteiger partial charge in [-0.3, -0.25) is 9.78 Å². The highest BCUT2D eigenvalue weighted by molar-refractivity contribution is 7.32. The second kappa shape index (κ2) is 8.08. The molecule has 1 aromatic rings. The summed E-state index contributed by atoms with van der Waals surface area (Å²) in [7, 11) is -1.42. The predicted molar refractivity (Wildman–Crippen MR) is 90.8 cm³/mol. The Kier molecular flexibility index (Phi) is 6.49. The standard InChI is InChI=1S/C15H23N2O8P/c1-4-15(5-2,25-26(22)23)6-9-10(18)11(19)12(24-9)8-7-17(3)14(21)16-13(8)20/h7,9-12,18-19H,4-6H2,1-3H3,(H-,16,20,21,22,23)/p+1/t9-,10-,11-,12?/m1/s1. The molecule has 0 spiro atoms. The molecule has 0 aromatic carbocycles. The summed E-state index contributed by atoms with van der Waals surface area (Å²) in [4.78, 5) is 34.7. The van der Waals surface area contributed by atoms with Crippen molar-refractivity contribution in [2.75, 3.05) is 0 Å². The number of H-pyrrole nitrogens is 1. The van der Waals surface area contributed by atoms with E-state index in [4.69, 9.17) is 14.2 Å². The summed E-state index contributed by atoms with van der Waals surface area (Å²) in [6.07, 6.45) is -2.70. The lowest BCUT2D eigenvalue weighted by atomic mass is 9.88. The molecule has 1 aliphatic heterocycles. The quantitative estimate of drug-likeness (QED) is 0.469. The maximum atomic E-state index is 12.0.